The number of carbonyl (C=O) groups excluding carboxylic acids is 1. The summed E-state index contributed by atoms with van der Waals surface area (Å²) < 4.78 is 5.57. The monoisotopic (exact) mass is 277 g/mol. The fourth-order valence-corrected chi connectivity index (χ4v) is 3.22. The number of hydrogen-bond donors (Lipinski definition) is 1. The Morgan fingerprint density at radius 1 is 1.40 bits per heavy atom. The Morgan fingerprint density at radius 3 is 2.85 bits per heavy atom. The number of furan rings is 1. The van der Waals surface area contributed by atoms with Crippen LogP contribution in [0.4, 0.5) is 0 Å². The van der Waals surface area contributed by atoms with Crippen molar-refractivity contribution >= 4 is 5.91 Å². The standard InChI is InChI=1S/C15H23N3O2/c1-12-11-16-6-9-18(12)14(13-5-4-10-20-13)15(19)17-7-2-3-8-17/h4-5,10,12,14,16H,2-3,6-9,11H2,1H3. The van der Waals surface area contributed by atoms with E-state index in [0.29, 0.717) is 6.04 Å². The van der Waals surface area contributed by atoms with Crippen LogP contribution in [-0.4, -0.2) is 54.5 Å². The van der Waals surface area contributed by atoms with Gasteiger partial charge in [-0.2, -0.15) is 0 Å². The largest absolute Gasteiger partial charge is 0.467 e. The minimum Gasteiger partial charge on any atom is -0.467 e. The normalized spacial score (nSPS) is 25.9. The lowest BCUT2D eigenvalue weighted by atomic mass is 10.1. The lowest BCUT2D eigenvalue weighted by molar-refractivity contribution is -0.138. The molecule has 5 heteroatoms. The number of rotatable bonds is 3. The quantitative estimate of drug-likeness (QED) is 0.903. The third kappa shape index (κ3) is 2.60. The van der Waals surface area contributed by atoms with Gasteiger partial charge in [-0.05, 0) is 31.9 Å². The van der Waals surface area contributed by atoms with Gasteiger partial charge in [0.15, 0.2) is 0 Å². The first-order chi connectivity index (χ1) is 9.77. The Balaban J connectivity index is 1.85. The average Bonchev–Trinajstić information content (AvgIpc) is 3.13. The van der Waals surface area contributed by atoms with E-state index in [0.717, 1.165) is 51.3 Å². The fourth-order valence-electron chi connectivity index (χ4n) is 3.22. The zero-order valence-electron chi connectivity index (χ0n) is 12.0. The lowest BCUT2D eigenvalue weighted by Gasteiger charge is -2.39. The van der Waals surface area contributed by atoms with Crippen molar-refractivity contribution < 1.29 is 9.21 Å². The van der Waals surface area contributed by atoms with Crippen LogP contribution in [0.2, 0.25) is 0 Å². The second-order valence-corrected chi connectivity index (χ2v) is 5.74. The van der Waals surface area contributed by atoms with Crippen molar-refractivity contribution in [3.05, 3.63) is 24.2 Å². The van der Waals surface area contributed by atoms with Crippen LogP contribution in [0.5, 0.6) is 0 Å². The maximum atomic E-state index is 12.9. The number of piperazine rings is 1. The summed E-state index contributed by atoms with van der Waals surface area (Å²) in [7, 11) is 0. The van der Waals surface area contributed by atoms with E-state index < -0.39 is 0 Å². The average molecular weight is 277 g/mol. The van der Waals surface area contributed by atoms with Gasteiger partial charge < -0.3 is 14.6 Å². The molecule has 2 fully saturated rings. The highest BCUT2D eigenvalue weighted by Crippen LogP contribution is 2.28. The molecule has 1 N–H and O–H groups in total. The van der Waals surface area contributed by atoms with Gasteiger partial charge in [0.05, 0.1) is 6.26 Å². The summed E-state index contributed by atoms with van der Waals surface area (Å²) in [6.45, 7) is 6.66. The Kier molecular flexibility index (Phi) is 4.08. The van der Waals surface area contributed by atoms with E-state index in [-0.39, 0.29) is 11.9 Å². The molecule has 2 aliphatic rings. The van der Waals surface area contributed by atoms with Gasteiger partial charge in [0.1, 0.15) is 11.8 Å². The second-order valence-electron chi connectivity index (χ2n) is 5.74. The van der Waals surface area contributed by atoms with Crippen LogP contribution in [0.3, 0.4) is 0 Å². The topological polar surface area (TPSA) is 48.7 Å². The van der Waals surface area contributed by atoms with E-state index in [4.69, 9.17) is 4.42 Å². The molecule has 0 aromatic carbocycles. The van der Waals surface area contributed by atoms with E-state index >= 15 is 0 Å². The van der Waals surface area contributed by atoms with Crippen molar-refractivity contribution in [2.45, 2.75) is 31.8 Å². The summed E-state index contributed by atoms with van der Waals surface area (Å²) in [6.07, 6.45) is 3.90. The number of hydrogen-bond acceptors (Lipinski definition) is 4. The number of carbonyl (C=O) groups is 1. The van der Waals surface area contributed by atoms with Gasteiger partial charge in [0.2, 0.25) is 5.91 Å². The summed E-state index contributed by atoms with van der Waals surface area (Å²) in [5.74, 6) is 0.974. The van der Waals surface area contributed by atoms with Crippen LogP contribution in [0.1, 0.15) is 31.6 Å². The molecule has 0 radical (unpaired) electrons. The molecule has 2 atom stereocenters. The first kappa shape index (κ1) is 13.6. The van der Waals surface area contributed by atoms with Crippen LogP contribution >= 0.6 is 0 Å². The summed E-state index contributed by atoms with van der Waals surface area (Å²) in [4.78, 5) is 17.2. The van der Waals surface area contributed by atoms with Crippen molar-refractivity contribution in [3.8, 4) is 0 Å². The molecule has 0 bridgehead atoms. The van der Waals surface area contributed by atoms with Crippen molar-refractivity contribution in [2.75, 3.05) is 32.7 Å². The third-order valence-electron chi connectivity index (χ3n) is 4.35. The molecule has 2 unspecified atom stereocenters. The van der Waals surface area contributed by atoms with Crippen LogP contribution in [0.15, 0.2) is 22.8 Å². The first-order valence-corrected chi connectivity index (χ1v) is 7.56. The lowest BCUT2D eigenvalue weighted by Crippen LogP contribution is -2.54. The number of amides is 1. The Bertz CT molecular complexity index is 440. The van der Waals surface area contributed by atoms with Gasteiger partial charge in [-0.15, -0.1) is 0 Å². The molecule has 5 nitrogen and oxygen atoms in total. The molecule has 0 saturated carbocycles. The molecule has 1 aromatic rings. The van der Waals surface area contributed by atoms with Crippen LogP contribution in [-0.2, 0) is 4.79 Å². The van der Waals surface area contributed by atoms with Gasteiger partial charge >= 0.3 is 0 Å². The van der Waals surface area contributed by atoms with Crippen LogP contribution < -0.4 is 5.32 Å². The Morgan fingerprint density at radius 2 is 2.20 bits per heavy atom. The third-order valence-corrected chi connectivity index (χ3v) is 4.35. The Hall–Kier alpha value is -1.33. The first-order valence-electron chi connectivity index (χ1n) is 7.56. The molecule has 110 valence electrons. The van der Waals surface area contributed by atoms with E-state index in [9.17, 15) is 4.79 Å². The molecule has 1 aromatic heterocycles. The second kappa shape index (κ2) is 5.97. The van der Waals surface area contributed by atoms with Crippen molar-refractivity contribution in [3.63, 3.8) is 0 Å². The van der Waals surface area contributed by atoms with Gasteiger partial charge in [-0.3, -0.25) is 9.69 Å². The molecule has 3 rings (SSSR count). The molecule has 1 amide bonds. The summed E-state index contributed by atoms with van der Waals surface area (Å²) in [6, 6.07) is 3.87. The SMILES string of the molecule is CC1CNCCN1C(C(=O)N1CCCC1)c1ccco1. The minimum absolute atomic E-state index is 0.200. The van der Waals surface area contributed by atoms with Crippen LogP contribution in [0.25, 0.3) is 0 Å². The molecule has 2 saturated heterocycles. The predicted molar refractivity (Wildman–Crippen MR) is 76.3 cm³/mol. The minimum atomic E-state index is -0.264. The van der Waals surface area contributed by atoms with Crippen molar-refractivity contribution in [2.24, 2.45) is 0 Å². The summed E-state index contributed by atoms with van der Waals surface area (Å²) in [5, 5.41) is 3.38. The zero-order chi connectivity index (χ0) is 13.9. The maximum Gasteiger partial charge on any atom is 0.247 e. The zero-order valence-corrected chi connectivity index (χ0v) is 12.0. The van der Waals surface area contributed by atoms with Gasteiger partial charge in [-0.25, -0.2) is 0 Å². The number of likely N-dealkylation sites (tertiary alicyclic amines) is 1. The van der Waals surface area contributed by atoms with Crippen molar-refractivity contribution in [1.82, 2.24) is 15.1 Å². The highest BCUT2D eigenvalue weighted by molar-refractivity contribution is 5.83. The highest BCUT2D eigenvalue weighted by Gasteiger charge is 2.37. The number of nitrogens with zero attached hydrogens (tertiary/aromatic N) is 2. The van der Waals surface area contributed by atoms with Crippen molar-refractivity contribution in [1.29, 1.82) is 0 Å². The molecule has 3 heterocycles. The maximum absolute atomic E-state index is 12.9. The highest BCUT2D eigenvalue weighted by atomic mass is 16.3. The predicted octanol–water partition coefficient (Wildman–Crippen LogP) is 1.24. The van der Waals surface area contributed by atoms with Gasteiger partial charge in [-0.1, -0.05) is 0 Å². The number of nitrogens with one attached hydrogen (secondary N) is 1. The van der Waals surface area contributed by atoms with E-state index in [2.05, 4.69) is 17.1 Å². The fraction of sp³-hybridized carbons (Fsp3) is 0.667. The van der Waals surface area contributed by atoms with Gasteiger partial charge in [0, 0.05) is 38.8 Å². The van der Waals surface area contributed by atoms with Gasteiger partial charge in [0.25, 0.3) is 0 Å². The molecule has 2 aliphatic heterocycles. The smallest absolute Gasteiger partial charge is 0.247 e. The summed E-state index contributed by atoms with van der Waals surface area (Å²) in [5.41, 5.74) is 0. The summed E-state index contributed by atoms with van der Waals surface area (Å²) >= 11 is 0. The molecular weight excluding hydrogens is 254 g/mol. The molecule has 0 aliphatic carbocycles. The Labute approximate surface area is 119 Å². The van der Waals surface area contributed by atoms with E-state index in [1.165, 1.54) is 0 Å². The molecule has 0 spiro atoms. The molecule has 20 heavy (non-hydrogen) atoms. The van der Waals surface area contributed by atoms with Crippen LogP contribution in [0, 0.1) is 0 Å². The molecular formula is C15H23N3O2. The van der Waals surface area contributed by atoms with E-state index in [1.807, 2.05) is 17.0 Å². The van der Waals surface area contributed by atoms with E-state index in [1.54, 1.807) is 6.26 Å².